The number of carbonyl (C=O) groups is 1. The fourth-order valence-electron chi connectivity index (χ4n) is 2.46. The number of nitrogens with two attached hydrogens (primary N) is 1. The normalized spacial score (nSPS) is 31.0. The number of amides is 2. The summed E-state index contributed by atoms with van der Waals surface area (Å²) < 4.78 is 0. The van der Waals surface area contributed by atoms with Crippen LogP contribution in [0.1, 0.15) is 32.6 Å². The van der Waals surface area contributed by atoms with Gasteiger partial charge in [-0.3, -0.25) is 0 Å². The van der Waals surface area contributed by atoms with Crippen molar-refractivity contribution in [2.45, 2.75) is 38.6 Å². The van der Waals surface area contributed by atoms with Crippen molar-refractivity contribution in [2.75, 3.05) is 19.6 Å². The number of urea groups is 1. The van der Waals surface area contributed by atoms with Crippen LogP contribution in [0.2, 0.25) is 0 Å². The fraction of sp³-hybridized carbons (Fsp3) is 0.917. The zero-order chi connectivity index (χ0) is 11.5. The Balaban J connectivity index is 1.81. The van der Waals surface area contributed by atoms with Crippen molar-refractivity contribution >= 4 is 6.03 Å². The van der Waals surface area contributed by atoms with E-state index in [9.17, 15) is 4.79 Å². The third kappa shape index (κ3) is 2.48. The summed E-state index contributed by atoms with van der Waals surface area (Å²) in [5, 5.41) is 3.09. The highest BCUT2D eigenvalue weighted by Gasteiger charge is 2.29. The van der Waals surface area contributed by atoms with Gasteiger partial charge in [0.15, 0.2) is 0 Å². The number of nitrogens with one attached hydrogen (secondary N) is 1. The van der Waals surface area contributed by atoms with Crippen LogP contribution in [-0.4, -0.2) is 36.6 Å². The zero-order valence-electron chi connectivity index (χ0n) is 10.1. The second-order valence-electron chi connectivity index (χ2n) is 5.29. The van der Waals surface area contributed by atoms with Crippen LogP contribution in [0.3, 0.4) is 0 Å². The van der Waals surface area contributed by atoms with Crippen LogP contribution in [-0.2, 0) is 0 Å². The lowest BCUT2D eigenvalue weighted by Gasteiger charge is -2.38. The van der Waals surface area contributed by atoms with Crippen LogP contribution >= 0.6 is 0 Å². The first kappa shape index (κ1) is 11.7. The van der Waals surface area contributed by atoms with E-state index in [-0.39, 0.29) is 6.03 Å². The maximum Gasteiger partial charge on any atom is 0.317 e. The topological polar surface area (TPSA) is 58.4 Å². The van der Waals surface area contributed by atoms with E-state index in [1.165, 1.54) is 6.42 Å². The van der Waals surface area contributed by atoms with Gasteiger partial charge < -0.3 is 16.0 Å². The van der Waals surface area contributed by atoms with Gasteiger partial charge in [0, 0.05) is 19.1 Å². The van der Waals surface area contributed by atoms with E-state index in [1.807, 2.05) is 4.90 Å². The Morgan fingerprint density at radius 1 is 1.44 bits per heavy atom. The molecule has 2 aliphatic rings. The smallest absolute Gasteiger partial charge is 0.317 e. The molecule has 4 nitrogen and oxygen atoms in total. The number of piperidine rings is 1. The Morgan fingerprint density at radius 2 is 2.19 bits per heavy atom. The molecule has 16 heavy (non-hydrogen) atoms. The second kappa shape index (κ2) is 5.04. The summed E-state index contributed by atoms with van der Waals surface area (Å²) >= 11 is 0. The Bertz CT molecular complexity index is 253. The van der Waals surface area contributed by atoms with Gasteiger partial charge in [-0.1, -0.05) is 6.92 Å². The molecule has 1 heterocycles. The predicted molar refractivity (Wildman–Crippen MR) is 64.1 cm³/mol. The van der Waals surface area contributed by atoms with E-state index in [0.717, 1.165) is 32.4 Å². The van der Waals surface area contributed by atoms with Crippen LogP contribution in [0.4, 0.5) is 4.79 Å². The molecule has 2 atom stereocenters. The van der Waals surface area contributed by atoms with Crippen molar-refractivity contribution in [2.24, 2.45) is 17.6 Å². The molecule has 2 rings (SSSR count). The van der Waals surface area contributed by atoms with Gasteiger partial charge in [-0.2, -0.15) is 0 Å². The average Bonchev–Trinajstić information content (AvgIpc) is 2.24. The van der Waals surface area contributed by atoms with Gasteiger partial charge in [-0.05, 0) is 44.1 Å². The third-order valence-electron chi connectivity index (χ3n) is 4.14. The molecule has 0 aromatic heterocycles. The number of nitrogens with zero attached hydrogens (tertiary/aromatic N) is 1. The number of likely N-dealkylation sites (tertiary alicyclic amines) is 1. The molecule has 2 unspecified atom stereocenters. The van der Waals surface area contributed by atoms with E-state index >= 15 is 0 Å². The molecule has 0 spiro atoms. The number of hydrogen-bond acceptors (Lipinski definition) is 2. The predicted octanol–water partition coefficient (Wildman–Crippen LogP) is 1.17. The molecule has 1 aliphatic carbocycles. The van der Waals surface area contributed by atoms with Gasteiger partial charge in [-0.15, -0.1) is 0 Å². The first-order valence-electron chi connectivity index (χ1n) is 6.46. The highest BCUT2D eigenvalue weighted by molar-refractivity contribution is 5.74. The Hall–Kier alpha value is -0.770. The third-order valence-corrected chi connectivity index (χ3v) is 4.14. The van der Waals surface area contributed by atoms with Crippen LogP contribution in [0.5, 0.6) is 0 Å². The van der Waals surface area contributed by atoms with Gasteiger partial charge >= 0.3 is 6.03 Å². The summed E-state index contributed by atoms with van der Waals surface area (Å²) in [7, 11) is 0. The SMILES string of the molecule is CC1CCN(C(=O)NC2CCC2)CC1CN. The molecule has 0 bridgehead atoms. The Morgan fingerprint density at radius 3 is 2.75 bits per heavy atom. The molecule has 4 heteroatoms. The van der Waals surface area contributed by atoms with Crippen molar-refractivity contribution in [1.29, 1.82) is 0 Å². The summed E-state index contributed by atoms with van der Waals surface area (Å²) in [6.45, 7) is 4.64. The molecule has 92 valence electrons. The van der Waals surface area contributed by atoms with Crippen LogP contribution < -0.4 is 11.1 Å². The minimum absolute atomic E-state index is 0.120. The first-order valence-corrected chi connectivity index (χ1v) is 6.46. The summed E-state index contributed by atoms with van der Waals surface area (Å²) in [6.07, 6.45) is 4.64. The quantitative estimate of drug-likeness (QED) is 0.741. The fourth-order valence-corrected chi connectivity index (χ4v) is 2.46. The molecule has 0 aromatic carbocycles. The molecule has 2 fully saturated rings. The molecule has 3 N–H and O–H groups in total. The summed E-state index contributed by atoms with van der Waals surface area (Å²) in [4.78, 5) is 13.9. The van der Waals surface area contributed by atoms with Crippen molar-refractivity contribution in [3.63, 3.8) is 0 Å². The lowest BCUT2D eigenvalue weighted by molar-refractivity contribution is 0.134. The molecular formula is C12H23N3O. The summed E-state index contributed by atoms with van der Waals surface area (Å²) in [5.41, 5.74) is 5.74. The number of carbonyl (C=O) groups excluding carboxylic acids is 1. The maximum atomic E-state index is 11.9. The van der Waals surface area contributed by atoms with Gasteiger partial charge in [-0.25, -0.2) is 4.79 Å². The Labute approximate surface area is 97.6 Å². The van der Waals surface area contributed by atoms with Crippen LogP contribution in [0.25, 0.3) is 0 Å². The molecular weight excluding hydrogens is 202 g/mol. The molecule has 1 aliphatic heterocycles. The van der Waals surface area contributed by atoms with E-state index in [4.69, 9.17) is 5.73 Å². The molecule has 0 radical (unpaired) electrons. The van der Waals surface area contributed by atoms with Gasteiger partial charge in [0.25, 0.3) is 0 Å². The van der Waals surface area contributed by atoms with E-state index in [1.54, 1.807) is 0 Å². The summed E-state index contributed by atoms with van der Waals surface area (Å²) in [6, 6.07) is 0.554. The number of rotatable bonds is 2. The molecule has 1 saturated carbocycles. The number of hydrogen-bond donors (Lipinski definition) is 2. The van der Waals surface area contributed by atoms with E-state index in [0.29, 0.717) is 24.4 Å². The van der Waals surface area contributed by atoms with Gasteiger partial charge in [0.2, 0.25) is 0 Å². The highest BCUT2D eigenvalue weighted by atomic mass is 16.2. The minimum atomic E-state index is 0.120. The van der Waals surface area contributed by atoms with Crippen molar-refractivity contribution in [1.82, 2.24) is 10.2 Å². The molecule has 0 aromatic rings. The second-order valence-corrected chi connectivity index (χ2v) is 5.29. The zero-order valence-corrected chi connectivity index (χ0v) is 10.1. The van der Waals surface area contributed by atoms with Crippen molar-refractivity contribution in [3.05, 3.63) is 0 Å². The lowest BCUT2D eigenvalue weighted by Crippen LogP contribution is -2.52. The Kier molecular flexibility index (Phi) is 3.69. The standard InChI is InChI=1S/C12H23N3O/c1-9-5-6-15(8-10(9)7-13)12(16)14-11-3-2-4-11/h9-11H,2-8,13H2,1H3,(H,14,16). The van der Waals surface area contributed by atoms with E-state index in [2.05, 4.69) is 12.2 Å². The minimum Gasteiger partial charge on any atom is -0.335 e. The van der Waals surface area contributed by atoms with Crippen molar-refractivity contribution in [3.8, 4) is 0 Å². The maximum absolute atomic E-state index is 11.9. The molecule has 1 saturated heterocycles. The lowest BCUT2D eigenvalue weighted by atomic mass is 9.87. The summed E-state index contributed by atoms with van der Waals surface area (Å²) in [5.74, 6) is 1.12. The van der Waals surface area contributed by atoms with E-state index < -0.39 is 0 Å². The highest BCUT2D eigenvalue weighted by Crippen LogP contribution is 2.23. The van der Waals surface area contributed by atoms with Crippen molar-refractivity contribution < 1.29 is 4.79 Å². The van der Waals surface area contributed by atoms with Crippen LogP contribution in [0, 0.1) is 11.8 Å². The van der Waals surface area contributed by atoms with Gasteiger partial charge in [0.1, 0.15) is 0 Å². The largest absolute Gasteiger partial charge is 0.335 e. The monoisotopic (exact) mass is 225 g/mol. The average molecular weight is 225 g/mol. The first-order chi connectivity index (χ1) is 7.70. The van der Waals surface area contributed by atoms with Crippen LogP contribution in [0.15, 0.2) is 0 Å². The molecule has 2 amide bonds. The van der Waals surface area contributed by atoms with Gasteiger partial charge in [0.05, 0.1) is 0 Å².